The maximum Gasteiger partial charge on any atom is 0.282 e. The first-order valence-corrected chi connectivity index (χ1v) is 9.35. The Morgan fingerprint density at radius 3 is 2.33 bits per heavy atom. The predicted molar refractivity (Wildman–Crippen MR) is 114 cm³/mol. The third kappa shape index (κ3) is 3.43. The fraction of sp³-hybridized carbons (Fsp3) is 0.0833. The number of methoxy groups -OCH3 is 1. The van der Waals surface area contributed by atoms with Crippen LogP contribution in [-0.2, 0) is 9.59 Å². The Morgan fingerprint density at radius 1 is 0.900 bits per heavy atom. The Labute approximate surface area is 173 Å². The lowest BCUT2D eigenvalue weighted by atomic mass is 10.0. The number of halogens is 1. The summed E-state index contributed by atoms with van der Waals surface area (Å²) in [6.45, 7) is 1.90. The molecule has 0 unspecified atom stereocenters. The van der Waals surface area contributed by atoms with Gasteiger partial charge in [-0.3, -0.25) is 9.59 Å². The molecule has 1 aliphatic heterocycles. The quantitative estimate of drug-likeness (QED) is 0.637. The number of amides is 2. The van der Waals surface area contributed by atoms with Gasteiger partial charge in [-0.25, -0.2) is 9.29 Å². The van der Waals surface area contributed by atoms with Crippen molar-refractivity contribution in [2.24, 2.45) is 0 Å². The highest BCUT2D eigenvalue weighted by atomic mass is 19.1. The van der Waals surface area contributed by atoms with Crippen molar-refractivity contribution in [3.63, 3.8) is 0 Å². The molecule has 0 aromatic heterocycles. The van der Waals surface area contributed by atoms with E-state index in [9.17, 15) is 14.0 Å². The number of nitrogens with one attached hydrogen (secondary N) is 1. The highest BCUT2D eigenvalue weighted by Gasteiger charge is 2.40. The number of benzene rings is 3. The van der Waals surface area contributed by atoms with Gasteiger partial charge in [-0.05, 0) is 48.4 Å². The molecule has 0 spiro atoms. The Kier molecular flexibility index (Phi) is 5.06. The summed E-state index contributed by atoms with van der Waals surface area (Å²) in [4.78, 5) is 27.8. The number of ether oxygens (including phenoxy) is 1. The van der Waals surface area contributed by atoms with Crippen LogP contribution >= 0.6 is 0 Å². The summed E-state index contributed by atoms with van der Waals surface area (Å²) in [5.74, 6) is -0.877. The average Bonchev–Trinajstić information content (AvgIpc) is 3.00. The summed E-state index contributed by atoms with van der Waals surface area (Å²) in [6, 6.07) is 19.7. The Hall–Kier alpha value is -3.93. The number of hydrogen-bond acceptors (Lipinski definition) is 4. The van der Waals surface area contributed by atoms with E-state index in [0.717, 1.165) is 10.5 Å². The third-order valence-corrected chi connectivity index (χ3v) is 4.93. The van der Waals surface area contributed by atoms with Crippen molar-refractivity contribution in [1.29, 1.82) is 0 Å². The Balaban J connectivity index is 1.83. The number of aryl methyl sites for hydroxylation is 1. The van der Waals surface area contributed by atoms with Gasteiger partial charge in [0.2, 0.25) is 0 Å². The SMILES string of the molecule is COc1cccc(N2C(=O)C(Nc3ccccc3C)=C(c3ccc(F)cc3)C2=O)c1. The Bertz CT molecular complexity index is 1170. The zero-order chi connectivity index (χ0) is 21.3. The first-order valence-electron chi connectivity index (χ1n) is 9.35. The van der Waals surface area contributed by atoms with Gasteiger partial charge in [0.1, 0.15) is 17.3 Å². The maximum atomic E-state index is 13.5. The topological polar surface area (TPSA) is 58.6 Å². The molecule has 150 valence electrons. The third-order valence-electron chi connectivity index (χ3n) is 4.93. The van der Waals surface area contributed by atoms with Crippen LogP contribution in [0.1, 0.15) is 11.1 Å². The van der Waals surface area contributed by atoms with Crippen LogP contribution in [0.3, 0.4) is 0 Å². The lowest BCUT2D eigenvalue weighted by molar-refractivity contribution is -0.120. The summed E-state index contributed by atoms with van der Waals surface area (Å²) in [7, 11) is 1.51. The molecule has 0 aliphatic carbocycles. The number of nitrogens with zero attached hydrogens (tertiary/aromatic N) is 1. The molecule has 3 aromatic rings. The van der Waals surface area contributed by atoms with E-state index >= 15 is 0 Å². The highest BCUT2D eigenvalue weighted by Crippen LogP contribution is 2.35. The summed E-state index contributed by atoms with van der Waals surface area (Å²) < 4.78 is 18.7. The lowest BCUT2D eigenvalue weighted by Crippen LogP contribution is -2.32. The molecule has 5 nitrogen and oxygen atoms in total. The summed E-state index contributed by atoms with van der Waals surface area (Å²) in [5.41, 5.74) is 2.81. The number of carbonyl (C=O) groups excluding carboxylic acids is 2. The average molecular weight is 402 g/mol. The van der Waals surface area contributed by atoms with Crippen molar-refractivity contribution in [2.45, 2.75) is 6.92 Å². The number of para-hydroxylation sites is 1. The molecule has 6 heteroatoms. The van der Waals surface area contributed by atoms with E-state index < -0.39 is 17.6 Å². The molecule has 1 aliphatic rings. The van der Waals surface area contributed by atoms with Crippen molar-refractivity contribution in [2.75, 3.05) is 17.3 Å². The molecular weight excluding hydrogens is 383 g/mol. The number of carbonyl (C=O) groups is 2. The fourth-order valence-corrected chi connectivity index (χ4v) is 3.36. The van der Waals surface area contributed by atoms with Gasteiger partial charge in [0.25, 0.3) is 11.8 Å². The van der Waals surface area contributed by atoms with E-state index in [1.807, 2.05) is 31.2 Å². The molecule has 0 radical (unpaired) electrons. The standard InChI is InChI=1S/C24H19FN2O3/c1-15-6-3-4-9-20(15)26-22-21(16-10-12-17(25)13-11-16)23(28)27(24(22)29)18-7-5-8-19(14-18)30-2/h3-14,26H,1-2H3. The zero-order valence-electron chi connectivity index (χ0n) is 16.5. The summed E-state index contributed by atoms with van der Waals surface area (Å²) in [6.07, 6.45) is 0. The molecule has 1 heterocycles. The largest absolute Gasteiger partial charge is 0.497 e. The minimum absolute atomic E-state index is 0.142. The van der Waals surface area contributed by atoms with Gasteiger partial charge in [-0.15, -0.1) is 0 Å². The molecular formula is C24H19FN2O3. The second-order valence-electron chi connectivity index (χ2n) is 6.84. The zero-order valence-corrected chi connectivity index (χ0v) is 16.5. The van der Waals surface area contributed by atoms with Crippen LogP contribution in [0.5, 0.6) is 5.75 Å². The molecule has 0 atom stereocenters. The number of imide groups is 1. The highest BCUT2D eigenvalue weighted by molar-refractivity contribution is 6.46. The predicted octanol–water partition coefficient (Wildman–Crippen LogP) is 4.54. The van der Waals surface area contributed by atoms with E-state index in [4.69, 9.17) is 4.74 Å². The summed E-state index contributed by atoms with van der Waals surface area (Å²) >= 11 is 0. The smallest absolute Gasteiger partial charge is 0.282 e. The van der Waals surface area contributed by atoms with E-state index in [1.165, 1.54) is 31.4 Å². The molecule has 4 rings (SSSR count). The Morgan fingerprint density at radius 2 is 1.63 bits per heavy atom. The van der Waals surface area contributed by atoms with E-state index in [2.05, 4.69) is 5.32 Å². The maximum absolute atomic E-state index is 13.5. The lowest BCUT2D eigenvalue weighted by Gasteiger charge is -2.16. The normalized spacial score (nSPS) is 13.8. The molecule has 2 amide bonds. The van der Waals surface area contributed by atoms with Crippen molar-refractivity contribution >= 4 is 28.8 Å². The molecule has 30 heavy (non-hydrogen) atoms. The van der Waals surface area contributed by atoms with Gasteiger partial charge < -0.3 is 10.1 Å². The minimum Gasteiger partial charge on any atom is -0.497 e. The minimum atomic E-state index is -0.490. The van der Waals surface area contributed by atoms with Gasteiger partial charge >= 0.3 is 0 Å². The first-order chi connectivity index (χ1) is 14.5. The van der Waals surface area contributed by atoms with Gasteiger partial charge in [0.05, 0.1) is 18.4 Å². The van der Waals surface area contributed by atoms with Gasteiger partial charge in [0, 0.05) is 11.8 Å². The summed E-state index contributed by atoms with van der Waals surface area (Å²) in [5, 5.41) is 3.12. The molecule has 0 saturated carbocycles. The molecule has 0 fully saturated rings. The van der Waals surface area contributed by atoms with Crippen LogP contribution in [0.25, 0.3) is 5.57 Å². The van der Waals surface area contributed by atoms with E-state index in [-0.39, 0.29) is 11.3 Å². The second-order valence-corrected chi connectivity index (χ2v) is 6.84. The fourth-order valence-electron chi connectivity index (χ4n) is 3.36. The van der Waals surface area contributed by atoms with Crippen LogP contribution in [0, 0.1) is 12.7 Å². The van der Waals surface area contributed by atoms with Gasteiger partial charge in [-0.1, -0.05) is 36.4 Å². The number of hydrogen-bond donors (Lipinski definition) is 1. The molecule has 0 bridgehead atoms. The van der Waals surface area contributed by atoms with Crippen molar-refractivity contribution in [3.05, 3.63) is 95.4 Å². The van der Waals surface area contributed by atoms with Crippen LogP contribution in [0.15, 0.2) is 78.5 Å². The second kappa shape index (κ2) is 7.83. The van der Waals surface area contributed by atoms with Crippen LogP contribution in [0.4, 0.5) is 15.8 Å². The van der Waals surface area contributed by atoms with Crippen LogP contribution in [0.2, 0.25) is 0 Å². The van der Waals surface area contributed by atoms with Crippen molar-refractivity contribution in [3.8, 4) is 5.75 Å². The van der Waals surface area contributed by atoms with Gasteiger partial charge in [-0.2, -0.15) is 0 Å². The van der Waals surface area contributed by atoms with Crippen LogP contribution < -0.4 is 15.0 Å². The number of rotatable bonds is 5. The first kappa shape index (κ1) is 19.4. The van der Waals surface area contributed by atoms with Crippen molar-refractivity contribution in [1.82, 2.24) is 0 Å². The van der Waals surface area contributed by atoms with Crippen LogP contribution in [-0.4, -0.2) is 18.9 Å². The van der Waals surface area contributed by atoms with E-state index in [0.29, 0.717) is 22.7 Å². The van der Waals surface area contributed by atoms with Crippen molar-refractivity contribution < 1.29 is 18.7 Å². The molecule has 3 aromatic carbocycles. The molecule has 0 saturated heterocycles. The van der Waals surface area contributed by atoms with E-state index in [1.54, 1.807) is 24.3 Å². The van der Waals surface area contributed by atoms with Gasteiger partial charge in [0.15, 0.2) is 0 Å². The monoisotopic (exact) mass is 402 g/mol. The number of anilines is 2. The molecule has 1 N–H and O–H groups in total.